The highest BCUT2D eigenvalue weighted by Crippen LogP contribution is 2.39. The first-order valence-electron chi connectivity index (χ1n) is 11.0. The molecule has 1 spiro atoms. The molecule has 1 aromatic carbocycles. The van der Waals surface area contributed by atoms with Crippen molar-refractivity contribution in [2.45, 2.75) is 57.0 Å². The van der Waals surface area contributed by atoms with Gasteiger partial charge in [0, 0.05) is 7.05 Å². The minimum Gasteiger partial charge on any atom is -0.345 e. The Bertz CT molecular complexity index is 965. The smallest absolute Gasteiger partial charge is 0.327 e. The van der Waals surface area contributed by atoms with Crippen LogP contribution in [0.2, 0.25) is 0 Å². The molecule has 1 atom stereocenters. The standard InChI is InChI=1S/C23H29N5O3/c1-3-17(20-24-14-18(26-20)16-10-6-4-7-11-16)25-19(29)15-28-21(30)23(27(2)22(28)31)12-8-5-9-13-23/h4,6-7,10-11,14,17H,3,5,8-9,12-13,15H2,1-2H3,(H,24,26)(H,25,29). The number of carbonyl (C=O) groups excluding carboxylic acids is 3. The monoisotopic (exact) mass is 423 g/mol. The average molecular weight is 424 g/mol. The number of H-pyrrole nitrogens is 1. The van der Waals surface area contributed by atoms with Crippen molar-refractivity contribution in [3.8, 4) is 11.3 Å². The Kier molecular flexibility index (Phi) is 5.80. The summed E-state index contributed by atoms with van der Waals surface area (Å²) in [6.07, 6.45) is 6.61. The zero-order chi connectivity index (χ0) is 22.0. The molecule has 1 unspecified atom stereocenters. The summed E-state index contributed by atoms with van der Waals surface area (Å²) in [5.74, 6) is 0.0365. The third-order valence-corrected chi connectivity index (χ3v) is 6.54. The van der Waals surface area contributed by atoms with Gasteiger partial charge < -0.3 is 15.2 Å². The number of hydrogen-bond acceptors (Lipinski definition) is 4. The van der Waals surface area contributed by atoms with Crippen LogP contribution in [0.15, 0.2) is 36.5 Å². The molecule has 8 nitrogen and oxygen atoms in total. The summed E-state index contributed by atoms with van der Waals surface area (Å²) in [7, 11) is 1.67. The molecule has 0 bridgehead atoms. The molecule has 0 radical (unpaired) electrons. The molecule has 2 heterocycles. The van der Waals surface area contributed by atoms with Crippen molar-refractivity contribution in [2.24, 2.45) is 0 Å². The van der Waals surface area contributed by atoms with E-state index in [9.17, 15) is 14.4 Å². The molecule has 1 saturated heterocycles. The maximum atomic E-state index is 13.1. The maximum Gasteiger partial charge on any atom is 0.327 e. The molecule has 1 aliphatic heterocycles. The molecule has 2 fully saturated rings. The number of nitrogens with one attached hydrogen (secondary N) is 2. The third kappa shape index (κ3) is 3.82. The summed E-state index contributed by atoms with van der Waals surface area (Å²) in [4.78, 5) is 48.9. The molecule has 1 aromatic heterocycles. The summed E-state index contributed by atoms with van der Waals surface area (Å²) >= 11 is 0. The van der Waals surface area contributed by atoms with Crippen LogP contribution in [0.1, 0.15) is 57.3 Å². The zero-order valence-electron chi connectivity index (χ0n) is 18.1. The number of nitrogens with zero attached hydrogens (tertiary/aromatic N) is 3. The molecular weight excluding hydrogens is 394 g/mol. The van der Waals surface area contributed by atoms with E-state index in [4.69, 9.17) is 0 Å². The Labute approximate surface area is 182 Å². The summed E-state index contributed by atoms with van der Waals surface area (Å²) in [5.41, 5.74) is 1.11. The fourth-order valence-corrected chi connectivity index (χ4v) is 4.70. The number of rotatable bonds is 6. The fourth-order valence-electron chi connectivity index (χ4n) is 4.70. The number of aromatic amines is 1. The fraction of sp³-hybridized carbons (Fsp3) is 0.478. The quantitative estimate of drug-likeness (QED) is 0.697. The number of benzene rings is 1. The second kappa shape index (κ2) is 8.53. The number of carbonyl (C=O) groups is 3. The van der Waals surface area contributed by atoms with Crippen LogP contribution in [0.3, 0.4) is 0 Å². The molecule has 8 heteroatoms. The number of amides is 4. The Morgan fingerprint density at radius 2 is 1.90 bits per heavy atom. The highest BCUT2D eigenvalue weighted by atomic mass is 16.2. The van der Waals surface area contributed by atoms with Gasteiger partial charge in [-0.1, -0.05) is 56.5 Å². The van der Waals surface area contributed by atoms with E-state index >= 15 is 0 Å². The molecule has 2 N–H and O–H groups in total. The van der Waals surface area contributed by atoms with Crippen molar-refractivity contribution in [3.05, 3.63) is 42.4 Å². The SMILES string of the molecule is CCC(NC(=O)CN1C(=O)N(C)C2(CCCCC2)C1=O)c1ncc(-c2ccccc2)[nH]1. The van der Waals surface area contributed by atoms with Gasteiger partial charge in [0.2, 0.25) is 5.91 Å². The number of hydrogen-bond donors (Lipinski definition) is 2. The number of imidazole rings is 1. The van der Waals surface area contributed by atoms with E-state index in [1.807, 2.05) is 37.3 Å². The van der Waals surface area contributed by atoms with Gasteiger partial charge in [0.15, 0.2) is 0 Å². The Balaban J connectivity index is 1.43. The van der Waals surface area contributed by atoms with E-state index in [2.05, 4.69) is 15.3 Å². The van der Waals surface area contributed by atoms with Gasteiger partial charge in [0.1, 0.15) is 17.9 Å². The topological polar surface area (TPSA) is 98.4 Å². The summed E-state index contributed by atoms with van der Waals surface area (Å²) < 4.78 is 0. The molecule has 4 amide bonds. The van der Waals surface area contributed by atoms with Crippen molar-refractivity contribution in [2.75, 3.05) is 13.6 Å². The van der Waals surface area contributed by atoms with Gasteiger partial charge in [0.05, 0.1) is 17.9 Å². The molecule has 164 valence electrons. The van der Waals surface area contributed by atoms with Crippen LogP contribution in [0.5, 0.6) is 0 Å². The predicted molar refractivity (Wildman–Crippen MR) is 116 cm³/mol. The number of aromatic nitrogens is 2. The van der Waals surface area contributed by atoms with E-state index in [1.54, 1.807) is 13.2 Å². The first-order chi connectivity index (χ1) is 15.0. The van der Waals surface area contributed by atoms with E-state index in [0.29, 0.717) is 25.1 Å². The van der Waals surface area contributed by atoms with Crippen LogP contribution < -0.4 is 5.32 Å². The number of likely N-dealkylation sites (N-methyl/N-ethyl adjacent to an activating group) is 1. The Morgan fingerprint density at radius 1 is 1.19 bits per heavy atom. The normalized spacial score (nSPS) is 19.2. The van der Waals surface area contributed by atoms with Crippen molar-refractivity contribution >= 4 is 17.8 Å². The van der Waals surface area contributed by atoms with Crippen molar-refractivity contribution in [1.29, 1.82) is 0 Å². The van der Waals surface area contributed by atoms with Crippen LogP contribution in [-0.4, -0.2) is 56.7 Å². The first kappa shape index (κ1) is 21.1. The Morgan fingerprint density at radius 3 is 2.58 bits per heavy atom. The highest BCUT2D eigenvalue weighted by Gasteiger charge is 2.55. The summed E-state index contributed by atoms with van der Waals surface area (Å²) in [6, 6.07) is 9.10. The second-order valence-electron chi connectivity index (χ2n) is 8.40. The molecular formula is C23H29N5O3. The largest absolute Gasteiger partial charge is 0.345 e. The average Bonchev–Trinajstić information content (AvgIpc) is 3.35. The molecule has 1 saturated carbocycles. The van der Waals surface area contributed by atoms with Crippen LogP contribution in [0, 0.1) is 0 Å². The predicted octanol–water partition coefficient (Wildman–Crippen LogP) is 3.24. The van der Waals surface area contributed by atoms with Crippen molar-refractivity contribution < 1.29 is 14.4 Å². The molecule has 1 aliphatic carbocycles. The summed E-state index contributed by atoms with van der Waals surface area (Å²) in [6.45, 7) is 1.68. The third-order valence-electron chi connectivity index (χ3n) is 6.54. The lowest BCUT2D eigenvalue weighted by molar-refractivity contribution is -0.137. The first-order valence-corrected chi connectivity index (χ1v) is 11.0. The van der Waals surface area contributed by atoms with Gasteiger partial charge in [-0.05, 0) is 24.8 Å². The van der Waals surface area contributed by atoms with E-state index < -0.39 is 5.54 Å². The minimum absolute atomic E-state index is 0.243. The van der Waals surface area contributed by atoms with Gasteiger partial charge >= 0.3 is 6.03 Å². The molecule has 2 aliphatic rings. The van der Waals surface area contributed by atoms with Gasteiger partial charge in [-0.3, -0.25) is 14.5 Å². The second-order valence-corrected chi connectivity index (χ2v) is 8.40. The van der Waals surface area contributed by atoms with Gasteiger partial charge in [0.25, 0.3) is 5.91 Å². The Hall–Kier alpha value is -3.16. The van der Waals surface area contributed by atoms with Gasteiger partial charge in [-0.2, -0.15) is 0 Å². The minimum atomic E-state index is -0.772. The number of urea groups is 1. The maximum absolute atomic E-state index is 13.1. The molecule has 2 aromatic rings. The van der Waals surface area contributed by atoms with Gasteiger partial charge in [-0.15, -0.1) is 0 Å². The van der Waals surface area contributed by atoms with Crippen LogP contribution in [0.4, 0.5) is 4.79 Å². The van der Waals surface area contributed by atoms with Crippen molar-refractivity contribution in [1.82, 2.24) is 25.1 Å². The highest BCUT2D eigenvalue weighted by molar-refractivity contribution is 6.09. The van der Waals surface area contributed by atoms with Crippen LogP contribution in [-0.2, 0) is 9.59 Å². The van der Waals surface area contributed by atoms with Crippen LogP contribution in [0.25, 0.3) is 11.3 Å². The van der Waals surface area contributed by atoms with E-state index in [0.717, 1.165) is 35.4 Å². The molecule has 4 rings (SSSR count). The van der Waals surface area contributed by atoms with Gasteiger partial charge in [-0.25, -0.2) is 9.78 Å². The van der Waals surface area contributed by atoms with E-state index in [1.165, 1.54) is 4.90 Å². The number of imide groups is 1. The summed E-state index contributed by atoms with van der Waals surface area (Å²) in [5, 5.41) is 2.92. The van der Waals surface area contributed by atoms with E-state index in [-0.39, 0.29) is 30.4 Å². The van der Waals surface area contributed by atoms with Crippen molar-refractivity contribution in [3.63, 3.8) is 0 Å². The zero-order valence-corrected chi connectivity index (χ0v) is 18.1. The lowest BCUT2D eigenvalue weighted by Gasteiger charge is -2.35. The van der Waals surface area contributed by atoms with Crippen LogP contribution >= 0.6 is 0 Å². The lowest BCUT2D eigenvalue weighted by atomic mass is 9.81. The molecule has 31 heavy (non-hydrogen) atoms. The lowest BCUT2D eigenvalue weighted by Crippen LogP contribution is -2.49.